The molecule has 106 valence electrons. The molecule has 1 rings (SSSR count). The highest BCUT2D eigenvalue weighted by Crippen LogP contribution is 2.31. The number of carbonyl (C=O) groups is 1. The molecule has 19 heavy (non-hydrogen) atoms. The Morgan fingerprint density at radius 2 is 2.05 bits per heavy atom. The van der Waals surface area contributed by atoms with E-state index >= 15 is 0 Å². The smallest absolute Gasteiger partial charge is 0.305 e. The van der Waals surface area contributed by atoms with Gasteiger partial charge in [-0.25, -0.2) is 0 Å². The molecule has 0 saturated heterocycles. The first-order chi connectivity index (χ1) is 9.03. The van der Waals surface area contributed by atoms with Crippen LogP contribution >= 0.6 is 15.9 Å². The number of benzene rings is 1. The highest BCUT2D eigenvalue weighted by atomic mass is 79.9. The number of aliphatic carboxylic acids is 1. The summed E-state index contributed by atoms with van der Waals surface area (Å²) in [5, 5.41) is 9.09. The maximum atomic E-state index is 11.1. The Bertz CT molecular complexity index is 433. The number of nitrogens with zero attached hydrogens (tertiary/aromatic N) is 1. The molecule has 0 bridgehead atoms. The summed E-state index contributed by atoms with van der Waals surface area (Å²) in [5.41, 5.74) is 0.985. The molecule has 0 spiro atoms. The van der Waals surface area contributed by atoms with Gasteiger partial charge in [0.15, 0.2) is 0 Å². The first-order valence-corrected chi connectivity index (χ1v) is 7.12. The van der Waals surface area contributed by atoms with E-state index in [1.807, 2.05) is 32.0 Å². The molecule has 0 aliphatic carbocycles. The van der Waals surface area contributed by atoms with Crippen LogP contribution in [0, 0.1) is 0 Å². The van der Waals surface area contributed by atoms with Crippen molar-refractivity contribution in [3.8, 4) is 5.75 Å². The summed E-state index contributed by atoms with van der Waals surface area (Å²) in [7, 11) is 1.61. The number of methoxy groups -OCH3 is 1. The van der Waals surface area contributed by atoms with Gasteiger partial charge in [-0.2, -0.15) is 0 Å². The van der Waals surface area contributed by atoms with Crippen LogP contribution in [0.15, 0.2) is 22.7 Å². The largest absolute Gasteiger partial charge is 0.496 e. The van der Waals surface area contributed by atoms with E-state index in [1.54, 1.807) is 7.11 Å². The predicted molar refractivity (Wildman–Crippen MR) is 78.6 cm³/mol. The van der Waals surface area contributed by atoms with E-state index < -0.39 is 5.97 Å². The second-order valence-electron chi connectivity index (χ2n) is 4.23. The monoisotopic (exact) mass is 329 g/mol. The van der Waals surface area contributed by atoms with Gasteiger partial charge in [0.2, 0.25) is 0 Å². The summed E-state index contributed by atoms with van der Waals surface area (Å²) < 4.78 is 6.04. The molecule has 1 aromatic rings. The molecule has 1 unspecified atom stereocenters. The van der Waals surface area contributed by atoms with Crippen LogP contribution in [-0.4, -0.2) is 36.2 Å². The van der Waals surface area contributed by atoms with Crippen LogP contribution in [-0.2, 0) is 4.79 Å². The lowest BCUT2D eigenvalue weighted by Gasteiger charge is -2.29. The van der Waals surface area contributed by atoms with Crippen molar-refractivity contribution in [1.29, 1.82) is 0 Å². The van der Waals surface area contributed by atoms with E-state index in [-0.39, 0.29) is 12.5 Å². The van der Waals surface area contributed by atoms with Crippen molar-refractivity contribution in [1.82, 2.24) is 4.90 Å². The quantitative estimate of drug-likeness (QED) is 0.833. The third kappa shape index (κ3) is 4.21. The second kappa shape index (κ2) is 7.50. The first-order valence-electron chi connectivity index (χ1n) is 6.32. The zero-order valence-electron chi connectivity index (χ0n) is 11.5. The van der Waals surface area contributed by atoms with Crippen LogP contribution in [0.3, 0.4) is 0 Å². The number of hydrogen-bond donors (Lipinski definition) is 1. The van der Waals surface area contributed by atoms with Crippen molar-refractivity contribution in [2.75, 3.05) is 20.2 Å². The summed E-state index contributed by atoms with van der Waals surface area (Å²) in [6.07, 6.45) is 0.0977. The Labute approximate surface area is 122 Å². The van der Waals surface area contributed by atoms with E-state index in [2.05, 4.69) is 20.8 Å². The molecule has 0 aromatic heterocycles. The number of hydrogen-bond acceptors (Lipinski definition) is 3. The van der Waals surface area contributed by atoms with Gasteiger partial charge in [0.1, 0.15) is 5.75 Å². The second-order valence-corrected chi connectivity index (χ2v) is 5.08. The average molecular weight is 330 g/mol. The lowest BCUT2D eigenvalue weighted by atomic mass is 10.0. The van der Waals surface area contributed by atoms with Crippen LogP contribution in [0.25, 0.3) is 0 Å². The Kier molecular flexibility index (Phi) is 6.31. The van der Waals surface area contributed by atoms with Crippen molar-refractivity contribution in [2.24, 2.45) is 0 Å². The lowest BCUT2D eigenvalue weighted by molar-refractivity contribution is -0.138. The normalized spacial score (nSPS) is 12.5. The molecule has 0 heterocycles. The number of carboxylic acid groups (broad SMARTS) is 1. The summed E-state index contributed by atoms with van der Waals surface area (Å²) in [5.74, 6) is -0.0405. The topological polar surface area (TPSA) is 49.8 Å². The third-order valence-corrected chi connectivity index (χ3v) is 3.80. The maximum absolute atomic E-state index is 11.1. The van der Waals surface area contributed by atoms with Gasteiger partial charge in [0, 0.05) is 6.04 Å². The fourth-order valence-electron chi connectivity index (χ4n) is 2.18. The molecule has 0 aliphatic rings. The van der Waals surface area contributed by atoms with E-state index in [4.69, 9.17) is 9.84 Å². The third-order valence-electron chi connectivity index (χ3n) is 3.18. The Morgan fingerprint density at radius 3 is 2.47 bits per heavy atom. The molecule has 0 radical (unpaired) electrons. The lowest BCUT2D eigenvalue weighted by Crippen LogP contribution is -2.30. The van der Waals surface area contributed by atoms with E-state index in [9.17, 15) is 4.79 Å². The molecule has 4 nitrogen and oxygen atoms in total. The van der Waals surface area contributed by atoms with E-state index in [0.29, 0.717) is 0 Å². The van der Waals surface area contributed by atoms with Crippen LogP contribution in [0.1, 0.15) is 31.9 Å². The summed E-state index contributed by atoms with van der Waals surface area (Å²) >= 11 is 3.44. The zero-order valence-corrected chi connectivity index (χ0v) is 13.1. The van der Waals surface area contributed by atoms with E-state index in [1.165, 1.54) is 0 Å². The fraction of sp³-hybridized carbons (Fsp3) is 0.500. The molecule has 5 heteroatoms. The van der Waals surface area contributed by atoms with Gasteiger partial charge in [-0.15, -0.1) is 0 Å². The highest BCUT2D eigenvalue weighted by molar-refractivity contribution is 9.10. The number of carboxylic acids is 1. The summed E-state index contributed by atoms with van der Waals surface area (Å²) in [6, 6.07) is 5.60. The molecule has 1 aromatic carbocycles. The van der Waals surface area contributed by atoms with E-state index in [0.717, 1.165) is 28.9 Å². The summed E-state index contributed by atoms with van der Waals surface area (Å²) in [4.78, 5) is 13.2. The minimum absolute atomic E-state index is 0.0977. The van der Waals surface area contributed by atoms with Crippen molar-refractivity contribution in [2.45, 2.75) is 26.3 Å². The molecule has 0 aliphatic heterocycles. The summed E-state index contributed by atoms with van der Waals surface area (Å²) in [6.45, 7) is 5.71. The first kappa shape index (κ1) is 16.0. The molecule has 1 N–H and O–H groups in total. The van der Waals surface area contributed by atoms with Crippen LogP contribution in [0.5, 0.6) is 5.75 Å². The Morgan fingerprint density at radius 1 is 1.42 bits per heavy atom. The molecule has 0 fully saturated rings. The molecule has 0 amide bonds. The predicted octanol–water partition coefficient (Wildman–Crippen LogP) is 3.32. The van der Waals surface area contributed by atoms with Gasteiger partial charge in [-0.3, -0.25) is 9.69 Å². The molecular weight excluding hydrogens is 310 g/mol. The van der Waals surface area contributed by atoms with Crippen LogP contribution in [0.4, 0.5) is 0 Å². The fourth-order valence-corrected chi connectivity index (χ4v) is 2.74. The number of halogens is 1. The van der Waals surface area contributed by atoms with Crippen molar-refractivity contribution >= 4 is 21.9 Å². The van der Waals surface area contributed by atoms with Gasteiger partial charge in [-0.05, 0) is 46.7 Å². The van der Waals surface area contributed by atoms with Gasteiger partial charge in [0.05, 0.1) is 18.0 Å². The Hall–Kier alpha value is -1.07. The number of rotatable bonds is 7. The number of ether oxygens (including phenoxy) is 1. The minimum atomic E-state index is -0.788. The zero-order chi connectivity index (χ0) is 14.4. The van der Waals surface area contributed by atoms with Gasteiger partial charge in [-0.1, -0.05) is 19.9 Å². The molecule has 0 saturated carbocycles. The SMILES string of the molecule is CCN(CC)C(CC(=O)O)c1ccc(OC)c(Br)c1. The van der Waals surface area contributed by atoms with Crippen LogP contribution in [0.2, 0.25) is 0 Å². The van der Waals surface area contributed by atoms with Crippen LogP contribution < -0.4 is 4.74 Å². The molecular formula is C14H20BrNO3. The van der Waals surface area contributed by atoms with Gasteiger partial charge in [0.25, 0.3) is 0 Å². The molecule has 1 atom stereocenters. The highest BCUT2D eigenvalue weighted by Gasteiger charge is 2.21. The minimum Gasteiger partial charge on any atom is -0.496 e. The standard InChI is InChI=1S/C14H20BrNO3/c1-4-16(5-2)12(9-14(17)18)10-6-7-13(19-3)11(15)8-10/h6-8,12H,4-5,9H2,1-3H3,(H,17,18). The van der Waals surface area contributed by atoms with Crippen molar-refractivity contribution in [3.63, 3.8) is 0 Å². The Balaban J connectivity index is 3.09. The average Bonchev–Trinajstić information content (AvgIpc) is 2.38. The van der Waals surface area contributed by atoms with Gasteiger partial charge >= 0.3 is 5.97 Å². The van der Waals surface area contributed by atoms with Gasteiger partial charge < -0.3 is 9.84 Å². The maximum Gasteiger partial charge on any atom is 0.305 e. The van der Waals surface area contributed by atoms with Crippen molar-refractivity contribution in [3.05, 3.63) is 28.2 Å². The van der Waals surface area contributed by atoms with Crippen molar-refractivity contribution < 1.29 is 14.6 Å².